The summed E-state index contributed by atoms with van der Waals surface area (Å²) in [4.78, 5) is 46.5. The molecule has 0 aliphatic heterocycles. The first-order valence-corrected chi connectivity index (χ1v) is 7.69. The van der Waals surface area contributed by atoms with E-state index in [9.17, 15) is 19.2 Å². The summed E-state index contributed by atoms with van der Waals surface area (Å²) >= 11 is 0. The van der Waals surface area contributed by atoms with Gasteiger partial charge >= 0.3 is 5.97 Å². The van der Waals surface area contributed by atoms with E-state index in [0.717, 1.165) is 19.3 Å². The number of rotatable bonds is 5. The fourth-order valence-electron chi connectivity index (χ4n) is 3.24. The second-order valence-electron chi connectivity index (χ2n) is 5.95. The molecule has 0 aromatic carbocycles. The van der Waals surface area contributed by atoms with Gasteiger partial charge in [-0.3, -0.25) is 19.2 Å². The molecule has 0 aromatic heterocycles. The summed E-state index contributed by atoms with van der Waals surface area (Å²) in [7, 11) is 1.47. The van der Waals surface area contributed by atoms with E-state index in [4.69, 9.17) is 4.74 Å². The Bertz CT molecular complexity index is 461. The fourth-order valence-corrected chi connectivity index (χ4v) is 3.24. The Morgan fingerprint density at radius 1 is 1.14 bits per heavy atom. The van der Waals surface area contributed by atoms with E-state index in [0.29, 0.717) is 18.6 Å². The van der Waals surface area contributed by atoms with Crippen LogP contribution in [0.1, 0.15) is 32.1 Å². The highest BCUT2D eigenvalue weighted by atomic mass is 16.5. The molecule has 0 radical (unpaired) electrons. The third kappa shape index (κ3) is 4.05. The van der Waals surface area contributed by atoms with Gasteiger partial charge < -0.3 is 15.4 Å². The van der Waals surface area contributed by atoms with Crippen molar-refractivity contribution in [2.24, 2.45) is 17.8 Å². The number of esters is 1. The van der Waals surface area contributed by atoms with Crippen molar-refractivity contribution in [1.29, 1.82) is 0 Å². The van der Waals surface area contributed by atoms with Crippen LogP contribution in [-0.2, 0) is 23.9 Å². The molecule has 2 aliphatic rings. The number of fused-ring (bicyclic) bond motifs is 2. The highest BCUT2D eigenvalue weighted by molar-refractivity contribution is 5.88. The molecule has 0 spiro atoms. The average Bonchev–Trinajstić information content (AvgIpc) is 2.49. The van der Waals surface area contributed by atoms with Crippen molar-refractivity contribution in [3.05, 3.63) is 0 Å². The van der Waals surface area contributed by atoms with Crippen LogP contribution in [0.25, 0.3) is 0 Å². The molecular weight excluding hydrogens is 288 g/mol. The molecule has 0 aromatic rings. The van der Waals surface area contributed by atoms with Crippen molar-refractivity contribution in [1.82, 2.24) is 10.6 Å². The third-order valence-corrected chi connectivity index (χ3v) is 4.45. The lowest BCUT2D eigenvalue weighted by atomic mass is 9.67. The van der Waals surface area contributed by atoms with Gasteiger partial charge in [-0.15, -0.1) is 0 Å². The van der Waals surface area contributed by atoms with Crippen LogP contribution in [0.3, 0.4) is 0 Å². The maximum atomic E-state index is 12.0. The van der Waals surface area contributed by atoms with Crippen molar-refractivity contribution in [3.63, 3.8) is 0 Å². The summed E-state index contributed by atoms with van der Waals surface area (Å²) in [5.74, 6) is -1.29. The lowest BCUT2D eigenvalue weighted by Gasteiger charge is -2.36. The minimum atomic E-state index is -0.510. The molecular formula is C15H22N2O5. The van der Waals surface area contributed by atoms with Crippen molar-refractivity contribution in [2.45, 2.75) is 32.1 Å². The van der Waals surface area contributed by atoms with Crippen LogP contribution in [0, 0.1) is 17.8 Å². The largest absolute Gasteiger partial charge is 0.455 e. The highest BCUT2D eigenvalue weighted by Crippen LogP contribution is 2.40. The number of amides is 2. The van der Waals surface area contributed by atoms with Crippen molar-refractivity contribution in [3.8, 4) is 0 Å². The van der Waals surface area contributed by atoms with Crippen LogP contribution in [-0.4, -0.2) is 43.8 Å². The van der Waals surface area contributed by atoms with Gasteiger partial charge in [0.1, 0.15) is 5.78 Å². The molecule has 1 unspecified atom stereocenters. The monoisotopic (exact) mass is 310 g/mol. The van der Waals surface area contributed by atoms with Crippen LogP contribution in [0.5, 0.6) is 0 Å². The number of carbonyl (C=O) groups is 4. The normalized spacial score (nSPS) is 27.0. The number of carbonyl (C=O) groups excluding carboxylic acids is 4. The van der Waals surface area contributed by atoms with E-state index in [1.54, 1.807) is 0 Å². The third-order valence-electron chi connectivity index (χ3n) is 4.45. The van der Waals surface area contributed by atoms with E-state index < -0.39 is 18.5 Å². The van der Waals surface area contributed by atoms with Gasteiger partial charge in [0.05, 0.1) is 12.5 Å². The number of ketones is 1. The van der Waals surface area contributed by atoms with Gasteiger partial charge in [-0.25, -0.2) is 0 Å². The van der Waals surface area contributed by atoms with Crippen LogP contribution in [0.2, 0.25) is 0 Å². The first kappa shape index (κ1) is 16.5. The lowest BCUT2D eigenvalue weighted by Crippen LogP contribution is -2.41. The van der Waals surface area contributed by atoms with Crippen LogP contribution in [0.4, 0.5) is 0 Å². The maximum Gasteiger partial charge on any atom is 0.309 e. The molecule has 122 valence electrons. The number of hydrogen-bond donors (Lipinski definition) is 2. The Kier molecular flexibility index (Phi) is 5.51. The van der Waals surface area contributed by atoms with Gasteiger partial charge in [0.15, 0.2) is 6.61 Å². The molecule has 7 heteroatoms. The quantitative estimate of drug-likeness (QED) is 0.684. The van der Waals surface area contributed by atoms with E-state index >= 15 is 0 Å². The van der Waals surface area contributed by atoms with E-state index in [2.05, 4.69) is 10.6 Å². The molecule has 2 fully saturated rings. The molecule has 2 amide bonds. The molecule has 2 saturated carbocycles. The van der Waals surface area contributed by atoms with Crippen molar-refractivity contribution < 1.29 is 23.9 Å². The standard InChI is InChI=1S/C15H22N2O5/c1-16-12(18)7-17-13(19)8-22-15(21)11-5-9-3-2-4-10(6-11)14(9)20/h9-11H,2-8H2,1H3,(H,16,18)(H,17,19)/t9-,10+,11?. The number of nitrogens with one attached hydrogen (secondary N) is 2. The number of likely N-dealkylation sites (N-methyl/N-ethyl adjacent to an activating group) is 1. The van der Waals surface area contributed by atoms with E-state index in [1.807, 2.05) is 0 Å². The fraction of sp³-hybridized carbons (Fsp3) is 0.733. The first-order chi connectivity index (χ1) is 10.5. The van der Waals surface area contributed by atoms with Crippen LogP contribution >= 0.6 is 0 Å². The average molecular weight is 310 g/mol. The van der Waals surface area contributed by atoms with E-state index in [-0.39, 0.29) is 30.2 Å². The Hall–Kier alpha value is -1.92. The zero-order valence-electron chi connectivity index (χ0n) is 12.7. The number of ether oxygens (including phenoxy) is 1. The Morgan fingerprint density at radius 2 is 1.77 bits per heavy atom. The topological polar surface area (TPSA) is 102 Å². The van der Waals surface area contributed by atoms with Gasteiger partial charge in [0.25, 0.3) is 5.91 Å². The molecule has 2 bridgehead atoms. The number of hydrogen-bond acceptors (Lipinski definition) is 5. The first-order valence-electron chi connectivity index (χ1n) is 7.69. The Balaban J connectivity index is 1.74. The number of Topliss-reactive ketones (excluding diaryl/α,β-unsaturated/α-hetero) is 1. The highest BCUT2D eigenvalue weighted by Gasteiger charge is 2.41. The summed E-state index contributed by atoms with van der Waals surface area (Å²) in [6.45, 7) is -0.537. The molecule has 0 saturated heterocycles. The summed E-state index contributed by atoms with van der Waals surface area (Å²) in [5, 5.41) is 4.73. The SMILES string of the molecule is CNC(=O)CNC(=O)COC(=O)C1C[C@H]2CCC[C@@H](C1)C2=O. The zero-order chi connectivity index (χ0) is 16.1. The van der Waals surface area contributed by atoms with Crippen LogP contribution in [0.15, 0.2) is 0 Å². The lowest BCUT2D eigenvalue weighted by molar-refractivity contribution is -0.156. The molecule has 2 aliphatic carbocycles. The minimum absolute atomic E-state index is 0.0212. The van der Waals surface area contributed by atoms with Crippen molar-refractivity contribution in [2.75, 3.05) is 20.2 Å². The Morgan fingerprint density at radius 3 is 2.36 bits per heavy atom. The second-order valence-corrected chi connectivity index (χ2v) is 5.95. The summed E-state index contributed by atoms with van der Waals surface area (Å²) in [6.07, 6.45) is 3.82. The minimum Gasteiger partial charge on any atom is -0.455 e. The van der Waals surface area contributed by atoms with E-state index in [1.165, 1.54) is 7.05 Å². The molecule has 0 heterocycles. The smallest absolute Gasteiger partial charge is 0.309 e. The predicted molar refractivity (Wildman–Crippen MR) is 76.6 cm³/mol. The molecule has 2 rings (SSSR count). The summed E-state index contributed by atoms with van der Waals surface area (Å²) < 4.78 is 5.02. The maximum absolute atomic E-state index is 12.0. The molecule has 2 N–H and O–H groups in total. The zero-order valence-corrected chi connectivity index (χ0v) is 12.7. The molecule has 22 heavy (non-hydrogen) atoms. The van der Waals surface area contributed by atoms with Crippen molar-refractivity contribution >= 4 is 23.6 Å². The molecule has 7 nitrogen and oxygen atoms in total. The summed E-state index contributed by atoms with van der Waals surface area (Å²) in [6, 6.07) is 0. The van der Waals surface area contributed by atoms with Gasteiger partial charge in [0, 0.05) is 18.9 Å². The Labute approximate surface area is 129 Å². The van der Waals surface area contributed by atoms with Gasteiger partial charge in [-0.05, 0) is 25.7 Å². The summed E-state index contributed by atoms with van der Waals surface area (Å²) in [5.41, 5.74) is 0. The van der Waals surface area contributed by atoms with Gasteiger partial charge in [-0.1, -0.05) is 6.42 Å². The predicted octanol–water partition coefficient (Wildman–Crippen LogP) is -0.213. The molecule has 3 atom stereocenters. The van der Waals surface area contributed by atoms with Crippen LogP contribution < -0.4 is 10.6 Å². The van der Waals surface area contributed by atoms with Gasteiger partial charge in [-0.2, -0.15) is 0 Å². The van der Waals surface area contributed by atoms with Gasteiger partial charge in [0.2, 0.25) is 5.91 Å². The second kappa shape index (κ2) is 7.38.